The van der Waals surface area contributed by atoms with E-state index >= 15 is 0 Å². The van der Waals surface area contributed by atoms with E-state index < -0.39 is 24.3 Å². The fourth-order valence-corrected chi connectivity index (χ4v) is 4.43. The van der Waals surface area contributed by atoms with Gasteiger partial charge in [-0.2, -0.15) is 31.4 Å². The van der Waals surface area contributed by atoms with Crippen molar-refractivity contribution in [2.45, 2.75) is 37.8 Å². The lowest BCUT2D eigenvalue weighted by atomic mass is 9.98. The quantitative estimate of drug-likeness (QED) is 0.111. The summed E-state index contributed by atoms with van der Waals surface area (Å²) >= 11 is 0. The van der Waals surface area contributed by atoms with E-state index in [1.807, 2.05) is 66.9 Å². The molecule has 274 valence electrons. The fraction of sp³-hybridized carbons (Fsp3) is 0.273. The van der Waals surface area contributed by atoms with Crippen LogP contribution in [0.15, 0.2) is 79.1 Å². The molecule has 12 nitrogen and oxygen atoms in total. The highest BCUT2D eigenvalue weighted by Gasteiger charge is 2.38. The maximum absolute atomic E-state index is 12.8. The summed E-state index contributed by atoms with van der Waals surface area (Å²) in [5.74, 6) is -3.91. The molecule has 0 spiro atoms. The smallest absolute Gasteiger partial charge is 0.490 e. The Bertz CT molecular complexity index is 1700. The van der Waals surface area contributed by atoms with Crippen molar-refractivity contribution < 1.29 is 60.4 Å². The van der Waals surface area contributed by atoms with Crippen LogP contribution in [0.3, 0.4) is 0 Å². The first-order chi connectivity index (χ1) is 24.1. The number of aliphatic carboxylic acids is 2. The van der Waals surface area contributed by atoms with Crippen molar-refractivity contribution in [2.24, 2.45) is 0 Å². The molecule has 5 rings (SSSR count). The van der Waals surface area contributed by atoms with Gasteiger partial charge in [0.1, 0.15) is 17.6 Å². The number of piperidine rings is 1. The third kappa shape index (κ3) is 13.2. The minimum Gasteiger partial charge on any atom is -0.497 e. The molecule has 0 radical (unpaired) electrons. The summed E-state index contributed by atoms with van der Waals surface area (Å²) in [7, 11) is 1.63. The van der Waals surface area contributed by atoms with E-state index in [9.17, 15) is 31.1 Å². The molecule has 1 aliphatic heterocycles. The number of nitrogens with one attached hydrogen (secondary N) is 4. The van der Waals surface area contributed by atoms with Crippen LogP contribution in [-0.4, -0.2) is 77.0 Å². The average molecular weight is 726 g/mol. The number of anilines is 1. The number of aromatic amines is 1. The lowest BCUT2D eigenvalue weighted by Crippen LogP contribution is -2.34. The van der Waals surface area contributed by atoms with Crippen LogP contribution in [0.4, 0.5) is 36.8 Å². The molecule has 6 N–H and O–H groups in total. The minimum atomic E-state index is -5.08. The molecule has 0 bridgehead atoms. The largest absolute Gasteiger partial charge is 0.497 e. The number of hydrogen-bond acceptors (Lipinski definition) is 7. The fourth-order valence-electron chi connectivity index (χ4n) is 4.43. The first kappa shape index (κ1) is 39.7. The molecule has 4 aromatic rings. The number of ether oxygens (including phenoxy) is 2. The Kier molecular flexibility index (Phi) is 14.2. The van der Waals surface area contributed by atoms with Crippen LogP contribution in [0, 0.1) is 0 Å². The number of urea groups is 1. The predicted molar refractivity (Wildman–Crippen MR) is 172 cm³/mol. The van der Waals surface area contributed by atoms with Crippen molar-refractivity contribution in [1.29, 1.82) is 0 Å². The van der Waals surface area contributed by atoms with Gasteiger partial charge in [-0.1, -0.05) is 30.3 Å². The van der Waals surface area contributed by atoms with Crippen LogP contribution < -0.4 is 25.4 Å². The average Bonchev–Trinajstić information content (AvgIpc) is 3.64. The number of rotatable bonds is 8. The Morgan fingerprint density at radius 1 is 0.843 bits per heavy atom. The number of carbonyl (C=O) groups is 3. The van der Waals surface area contributed by atoms with Crippen molar-refractivity contribution in [3.8, 4) is 33.8 Å². The Morgan fingerprint density at radius 3 is 2.00 bits per heavy atom. The second kappa shape index (κ2) is 18.3. The Hall–Kier alpha value is -5.78. The number of carboxylic acid groups (broad SMARTS) is 2. The Balaban J connectivity index is 0.000000424. The number of carboxylic acids is 2. The highest BCUT2D eigenvalue weighted by Crippen LogP contribution is 2.34. The summed E-state index contributed by atoms with van der Waals surface area (Å²) in [5.41, 5.74) is 5.52. The van der Waals surface area contributed by atoms with Gasteiger partial charge < -0.3 is 35.6 Å². The SMILES string of the molecule is COc1cccc(CNC(=O)Nc2ccc(-c3cn[nH]c3)cc2-c2ccc(OC3CCNCC3)cc2)c1.O=C(O)C(F)(F)F.O=C(O)C(F)(F)F. The van der Waals surface area contributed by atoms with E-state index in [1.54, 1.807) is 13.3 Å². The van der Waals surface area contributed by atoms with Crippen molar-refractivity contribution in [3.05, 3.63) is 84.7 Å². The summed E-state index contributed by atoms with van der Waals surface area (Å²) in [6.45, 7) is 2.35. The third-order valence-electron chi connectivity index (χ3n) is 6.93. The zero-order chi connectivity index (χ0) is 37.6. The van der Waals surface area contributed by atoms with Crippen LogP contribution in [0.1, 0.15) is 18.4 Å². The lowest BCUT2D eigenvalue weighted by Gasteiger charge is -2.24. The van der Waals surface area contributed by atoms with Gasteiger partial charge in [-0.25, -0.2) is 14.4 Å². The molecule has 2 heterocycles. The first-order valence-electron chi connectivity index (χ1n) is 15.0. The molecule has 3 aromatic carbocycles. The third-order valence-corrected chi connectivity index (χ3v) is 6.93. The number of alkyl halides is 6. The van der Waals surface area contributed by atoms with Gasteiger partial charge in [0.2, 0.25) is 0 Å². The molecule has 0 saturated carbocycles. The van der Waals surface area contributed by atoms with Crippen molar-refractivity contribution in [3.63, 3.8) is 0 Å². The van der Waals surface area contributed by atoms with Gasteiger partial charge in [-0.3, -0.25) is 5.10 Å². The van der Waals surface area contributed by atoms with Gasteiger partial charge in [-0.15, -0.1) is 0 Å². The lowest BCUT2D eigenvalue weighted by molar-refractivity contribution is -0.193. The number of nitrogens with zero attached hydrogens (tertiary/aromatic N) is 1. The van der Waals surface area contributed by atoms with Crippen molar-refractivity contribution >= 4 is 23.7 Å². The highest BCUT2D eigenvalue weighted by molar-refractivity contribution is 5.95. The zero-order valence-corrected chi connectivity index (χ0v) is 26.8. The Morgan fingerprint density at radius 2 is 1.45 bits per heavy atom. The molecule has 0 aliphatic carbocycles. The maximum Gasteiger partial charge on any atom is 0.490 e. The van der Waals surface area contributed by atoms with Gasteiger partial charge >= 0.3 is 30.3 Å². The summed E-state index contributed by atoms with van der Waals surface area (Å²) in [5, 5.41) is 30.5. The van der Waals surface area contributed by atoms with Gasteiger partial charge in [0, 0.05) is 23.9 Å². The number of H-pyrrole nitrogens is 1. The maximum atomic E-state index is 12.8. The van der Waals surface area contributed by atoms with Crippen molar-refractivity contribution in [1.82, 2.24) is 20.8 Å². The van der Waals surface area contributed by atoms with Crippen LogP contribution in [0.2, 0.25) is 0 Å². The second-order valence-electron chi connectivity index (χ2n) is 10.6. The number of benzene rings is 3. The number of amides is 2. The highest BCUT2D eigenvalue weighted by atomic mass is 19.4. The summed E-state index contributed by atoms with van der Waals surface area (Å²) in [6, 6.07) is 21.3. The summed E-state index contributed by atoms with van der Waals surface area (Å²) < 4.78 is 74.9. The molecular formula is C33H33F6N5O7. The molecule has 51 heavy (non-hydrogen) atoms. The van der Waals surface area contributed by atoms with Crippen LogP contribution in [0.5, 0.6) is 11.5 Å². The number of methoxy groups -OCH3 is 1. The van der Waals surface area contributed by atoms with E-state index in [1.165, 1.54) is 0 Å². The number of hydrogen-bond donors (Lipinski definition) is 6. The van der Waals surface area contributed by atoms with Crippen LogP contribution in [0.25, 0.3) is 22.3 Å². The first-order valence-corrected chi connectivity index (χ1v) is 15.0. The standard InChI is InChI=1S/C29H31N5O3.2C2HF3O2/c1-36-26-4-2-3-20(15-26)17-31-29(35)34-28-10-7-22(23-18-32-33-19-23)16-27(28)21-5-8-24(9-6-21)37-25-11-13-30-14-12-25;2*3-2(4,5)1(6)7/h2-10,15-16,18-19,25,30H,11-14,17H2,1H3,(H,32,33)(H2,31,34,35);2*(H,6,7). The number of carbonyl (C=O) groups excluding carboxylic acids is 1. The second-order valence-corrected chi connectivity index (χ2v) is 10.6. The number of aromatic nitrogens is 2. The van der Waals surface area contributed by atoms with E-state index in [0.717, 1.165) is 65.2 Å². The van der Waals surface area contributed by atoms with Crippen molar-refractivity contribution in [2.75, 3.05) is 25.5 Å². The molecule has 1 saturated heterocycles. The zero-order valence-electron chi connectivity index (χ0n) is 26.8. The molecule has 1 fully saturated rings. The summed E-state index contributed by atoms with van der Waals surface area (Å²) in [6.07, 6.45) is -4.28. The monoisotopic (exact) mass is 725 g/mol. The molecule has 0 unspecified atom stereocenters. The molecule has 1 aliphatic rings. The Labute approximate surface area is 286 Å². The topological polar surface area (TPSA) is 175 Å². The van der Waals surface area contributed by atoms with Gasteiger partial charge in [0.25, 0.3) is 0 Å². The van der Waals surface area contributed by atoms with Gasteiger partial charge in [-0.05, 0) is 79.0 Å². The van der Waals surface area contributed by atoms with E-state index in [0.29, 0.717) is 12.2 Å². The van der Waals surface area contributed by atoms with E-state index in [4.69, 9.17) is 29.3 Å². The molecule has 1 aromatic heterocycles. The normalized spacial score (nSPS) is 13.0. The van der Waals surface area contributed by atoms with E-state index in [2.05, 4.69) is 32.2 Å². The van der Waals surface area contributed by atoms with Gasteiger partial charge in [0.15, 0.2) is 0 Å². The summed E-state index contributed by atoms with van der Waals surface area (Å²) in [4.78, 5) is 30.6. The van der Waals surface area contributed by atoms with Gasteiger partial charge in [0.05, 0.1) is 19.0 Å². The molecular weight excluding hydrogens is 692 g/mol. The predicted octanol–water partition coefficient (Wildman–Crippen LogP) is 6.47. The molecule has 18 heteroatoms. The van der Waals surface area contributed by atoms with Crippen LogP contribution >= 0.6 is 0 Å². The minimum absolute atomic E-state index is 0.238. The molecule has 0 atom stereocenters. The van der Waals surface area contributed by atoms with Crippen LogP contribution in [-0.2, 0) is 16.1 Å². The number of halogens is 6. The molecule has 2 amide bonds. The van der Waals surface area contributed by atoms with E-state index in [-0.39, 0.29) is 12.1 Å².